The quantitative estimate of drug-likeness (QED) is 0.849. The third-order valence-corrected chi connectivity index (χ3v) is 3.80. The van der Waals surface area contributed by atoms with Crippen LogP contribution < -0.4 is 10.5 Å². The number of benzene rings is 1. The molecule has 0 aliphatic heterocycles. The molecule has 0 spiro atoms. The second-order valence-electron chi connectivity index (χ2n) is 4.51. The topological polar surface area (TPSA) is 35.2 Å². The Morgan fingerprint density at radius 3 is 2.41 bits per heavy atom. The molecule has 0 aromatic heterocycles. The van der Waals surface area contributed by atoms with E-state index in [0.717, 1.165) is 12.8 Å². The third kappa shape index (κ3) is 1.79. The van der Waals surface area contributed by atoms with E-state index in [0.29, 0.717) is 0 Å². The molecule has 2 rings (SSSR count). The van der Waals surface area contributed by atoms with Crippen LogP contribution in [0.2, 0.25) is 5.02 Å². The first-order chi connectivity index (χ1) is 7.94. The summed E-state index contributed by atoms with van der Waals surface area (Å²) >= 11 is 5.87. The molecule has 0 bridgehead atoms. The number of rotatable bonds is 3. The second-order valence-corrected chi connectivity index (χ2v) is 4.92. The van der Waals surface area contributed by atoms with Gasteiger partial charge in [0.1, 0.15) is 0 Å². The Bertz CT molecular complexity index is 458. The molecule has 1 fully saturated rings. The van der Waals surface area contributed by atoms with Crippen molar-refractivity contribution in [3.63, 3.8) is 0 Å². The first kappa shape index (κ1) is 12.6. The molecule has 0 amide bonds. The molecular weight excluding hydrogens is 248 g/mol. The zero-order valence-corrected chi connectivity index (χ0v) is 10.4. The van der Waals surface area contributed by atoms with Crippen molar-refractivity contribution >= 4 is 11.6 Å². The number of hydrogen-bond donors (Lipinski definition) is 1. The van der Waals surface area contributed by atoms with Crippen LogP contribution in [-0.2, 0) is 5.41 Å². The van der Waals surface area contributed by atoms with E-state index < -0.39 is 17.0 Å². The van der Waals surface area contributed by atoms with Gasteiger partial charge in [-0.2, -0.15) is 4.39 Å². The fourth-order valence-corrected chi connectivity index (χ4v) is 2.50. The highest BCUT2D eigenvalue weighted by Gasteiger charge is 2.50. The first-order valence-corrected chi connectivity index (χ1v) is 5.79. The largest absolute Gasteiger partial charge is 0.492 e. The van der Waals surface area contributed by atoms with E-state index in [1.54, 1.807) is 6.92 Å². The maximum Gasteiger partial charge on any atom is 0.202 e. The molecule has 1 aromatic rings. The lowest BCUT2D eigenvalue weighted by atomic mass is 9.89. The van der Waals surface area contributed by atoms with E-state index in [1.807, 2.05) is 0 Å². The van der Waals surface area contributed by atoms with Gasteiger partial charge in [0.25, 0.3) is 0 Å². The van der Waals surface area contributed by atoms with Crippen LogP contribution in [0.5, 0.6) is 5.75 Å². The molecule has 17 heavy (non-hydrogen) atoms. The highest BCUT2D eigenvalue weighted by molar-refractivity contribution is 6.32. The summed E-state index contributed by atoms with van der Waals surface area (Å²) in [5.41, 5.74) is 5.63. The van der Waals surface area contributed by atoms with E-state index in [-0.39, 0.29) is 22.4 Å². The molecular formula is C12H14ClF2NO. The molecule has 2 N–H and O–H groups in total. The van der Waals surface area contributed by atoms with Gasteiger partial charge in [0, 0.05) is 17.0 Å². The van der Waals surface area contributed by atoms with Crippen LogP contribution in [0.3, 0.4) is 0 Å². The first-order valence-electron chi connectivity index (χ1n) is 5.41. The van der Waals surface area contributed by atoms with Crippen LogP contribution in [0.15, 0.2) is 6.07 Å². The van der Waals surface area contributed by atoms with Crippen LogP contribution in [-0.4, -0.2) is 13.2 Å². The van der Waals surface area contributed by atoms with Crippen molar-refractivity contribution in [2.24, 2.45) is 5.73 Å². The summed E-state index contributed by atoms with van der Waals surface area (Å²) in [6, 6.07) is 1.19. The van der Waals surface area contributed by atoms with Gasteiger partial charge in [0.2, 0.25) is 5.82 Å². The van der Waals surface area contributed by atoms with E-state index in [2.05, 4.69) is 0 Å². The number of ether oxygens (including phenoxy) is 1. The molecule has 1 unspecified atom stereocenters. The van der Waals surface area contributed by atoms with Crippen LogP contribution in [0, 0.1) is 11.6 Å². The molecule has 1 saturated carbocycles. The van der Waals surface area contributed by atoms with Gasteiger partial charge in [-0.3, -0.25) is 0 Å². The summed E-state index contributed by atoms with van der Waals surface area (Å²) < 4.78 is 32.4. The molecule has 2 nitrogen and oxygen atoms in total. The van der Waals surface area contributed by atoms with Gasteiger partial charge in [-0.1, -0.05) is 11.6 Å². The number of nitrogens with two attached hydrogens (primary N) is 1. The maximum absolute atomic E-state index is 14.0. The zero-order valence-electron chi connectivity index (χ0n) is 9.69. The Hall–Kier alpha value is -0.870. The molecule has 0 saturated heterocycles. The van der Waals surface area contributed by atoms with Crippen molar-refractivity contribution < 1.29 is 13.5 Å². The van der Waals surface area contributed by atoms with E-state index >= 15 is 0 Å². The molecule has 1 atom stereocenters. The van der Waals surface area contributed by atoms with Crippen LogP contribution in [0.25, 0.3) is 0 Å². The number of hydrogen-bond acceptors (Lipinski definition) is 2. The Labute approximate surface area is 104 Å². The predicted octanol–water partition coefficient (Wildman–Crippen LogP) is 3.01. The summed E-state index contributed by atoms with van der Waals surface area (Å²) in [5, 5.41) is 0.0772. The SMILES string of the molecule is COc1c(Cl)cc(C2(C(C)N)CC2)c(F)c1F. The van der Waals surface area contributed by atoms with Gasteiger partial charge in [-0.25, -0.2) is 4.39 Å². The van der Waals surface area contributed by atoms with Crippen molar-refractivity contribution in [1.82, 2.24) is 0 Å². The van der Waals surface area contributed by atoms with Crippen molar-refractivity contribution in [2.75, 3.05) is 7.11 Å². The Kier molecular flexibility index (Phi) is 3.04. The standard InChI is InChI=1S/C12H14ClF2NO/c1-6(16)12(3-4-12)7-5-8(13)11(17-2)10(15)9(7)14/h5-6H,3-4,16H2,1-2H3. The lowest BCUT2D eigenvalue weighted by molar-refractivity contribution is 0.366. The fraction of sp³-hybridized carbons (Fsp3) is 0.500. The smallest absolute Gasteiger partial charge is 0.202 e. The second kappa shape index (κ2) is 4.10. The van der Waals surface area contributed by atoms with Crippen LogP contribution >= 0.6 is 11.6 Å². The van der Waals surface area contributed by atoms with Crippen molar-refractivity contribution in [2.45, 2.75) is 31.2 Å². The maximum atomic E-state index is 14.0. The lowest BCUT2D eigenvalue weighted by Gasteiger charge is -2.22. The minimum atomic E-state index is -1.04. The van der Waals surface area contributed by atoms with Crippen molar-refractivity contribution in [3.05, 3.63) is 28.3 Å². The highest BCUT2D eigenvalue weighted by Crippen LogP contribution is 2.52. The number of methoxy groups -OCH3 is 1. The Balaban J connectivity index is 2.58. The van der Waals surface area contributed by atoms with Gasteiger partial charge in [-0.15, -0.1) is 0 Å². The van der Waals surface area contributed by atoms with Crippen LogP contribution in [0.1, 0.15) is 25.3 Å². The predicted molar refractivity (Wildman–Crippen MR) is 62.5 cm³/mol. The summed E-state index contributed by atoms with van der Waals surface area (Å²) in [4.78, 5) is 0. The van der Waals surface area contributed by atoms with Gasteiger partial charge in [0.05, 0.1) is 12.1 Å². The van der Waals surface area contributed by atoms with Gasteiger partial charge in [-0.05, 0) is 25.8 Å². The average Bonchev–Trinajstić information content (AvgIpc) is 3.05. The zero-order chi connectivity index (χ0) is 12.8. The number of halogens is 3. The molecule has 0 heterocycles. The average molecular weight is 262 g/mol. The molecule has 1 aliphatic rings. The van der Waals surface area contributed by atoms with Gasteiger partial charge in [0.15, 0.2) is 11.6 Å². The Morgan fingerprint density at radius 2 is 2.00 bits per heavy atom. The summed E-state index contributed by atoms with van der Waals surface area (Å²) in [7, 11) is 1.25. The van der Waals surface area contributed by atoms with E-state index in [9.17, 15) is 8.78 Å². The fourth-order valence-electron chi connectivity index (χ4n) is 2.23. The molecule has 1 aliphatic carbocycles. The third-order valence-electron chi connectivity index (χ3n) is 3.52. The summed E-state index contributed by atoms with van der Waals surface area (Å²) in [5.74, 6) is -2.20. The lowest BCUT2D eigenvalue weighted by Crippen LogP contribution is -2.32. The molecule has 94 valence electrons. The summed E-state index contributed by atoms with van der Waals surface area (Å²) in [6.07, 6.45) is 1.51. The normalized spacial score (nSPS) is 18.9. The molecule has 5 heteroatoms. The minimum absolute atomic E-state index is 0.0772. The molecule has 1 aromatic carbocycles. The van der Waals surface area contributed by atoms with Gasteiger partial charge >= 0.3 is 0 Å². The van der Waals surface area contributed by atoms with E-state index in [4.69, 9.17) is 22.1 Å². The molecule has 0 radical (unpaired) electrons. The monoisotopic (exact) mass is 261 g/mol. The highest BCUT2D eigenvalue weighted by atomic mass is 35.5. The minimum Gasteiger partial charge on any atom is -0.492 e. The van der Waals surface area contributed by atoms with Crippen LogP contribution in [0.4, 0.5) is 8.78 Å². The van der Waals surface area contributed by atoms with Crippen molar-refractivity contribution in [3.8, 4) is 5.75 Å². The Morgan fingerprint density at radius 1 is 1.41 bits per heavy atom. The van der Waals surface area contributed by atoms with Crippen molar-refractivity contribution in [1.29, 1.82) is 0 Å². The summed E-state index contributed by atoms with van der Waals surface area (Å²) in [6.45, 7) is 1.79. The van der Waals surface area contributed by atoms with Gasteiger partial charge < -0.3 is 10.5 Å². The van der Waals surface area contributed by atoms with E-state index in [1.165, 1.54) is 13.2 Å².